The second-order valence-corrected chi connectivity index (χ2v) is 4.21. The fourth-order valence-corrected chi connectivity index (χ4v) is 1.81. The van der Waals surface area contributed by atoms with Gasteiger partial charge in [-0.25, -0.2) is 4.39 Å². The normalized spacial score (nSPS) is 12.7. The molecule has 0 saturated heterocycles. The summed E-state index contributed by atoms with van der Waals surface area (Å²) >= 11 is 5.70. The van der Waals surface area contributed by atoms with Crippen molar-refractivity contribution in [3.05, 3.63) is 52.6 Å². The Morgan fingerprint density at radius 2 is 2.29 bits per heavy atom. The third-order valence-corrected chi connectivity index (χ3v) is 2.87. The molecular formula is C12H13ClFN3. The van der Waals surface area contributed by atoms with Gasteiger partial charge in [0.05, 0.1) is 12.2 Å². The van der Waals surface area contributed by atoms with Gasteiger partial charge in [0.2, 0.25) is 0 Å². The maximum absolute atomic E-state index is 13.7. The molecule has 2 N–H and O–H groups in total. The van der Waals surface area contributed by atoms with Crippen LogP contribution in [0.3, 0.4) is 0 Å². The third kappa shape index (κ3) is 2.48. The first-order valence-electron chi connectivity index (χ1n) is 5.34. The standard InChI is InChI=1S/C12H13ClFN3/c1-2-17-7-8(6-16-17)12(15)10-4-3-9(13)5-11(10)14/h3-7,12H,2,15H2,1H3. The van der Waals surface area contributed by atoms with E-state index in [-0.39, 0.29) is 0 Å². The van der Waals surface area contributed by atoms with E-state index in [1.807, 2.05) is 13.1 Å². The highest BCUT2D eigenvalue weighted by molar-refractivity contribution is 6.30. The summed E-state index contributed by atoms with van der Waals surface area (Å²) in [7, 11) is 0. The molecule has 1 aromatic carbocycles. The van der Waals surface area contributed by atoms with Crippen molar-refractivity contribution in [3.8, 4) is 0 Å². The van der Waals surface area contributed by atoms with Crippen LogP contribution in [0.1, 0.15) is 24.1 Å². The Hall–Kier alpha value is -1.39. The SMILES string of the molecule is CCn1cc(C(N)c2ccc(Cl)cc2F)cn1. The van der Waals surface area contributed by atoms with Crippen LogP contribution in [0, 0.1) is 5.82 Å². The van der Waals surface area contributed by atoms with Crippen molar-refractivity contribution in [2.24, 2.45) is 5.73 Å². The lowest BCUT2D eigenvalue weighted by molar-refractivity contribution is 0.599. The molecule has 0 bridgehead atoms. The number of benzene rings is 1. The van der Waals surface area contributed by atoms with Crippen LogP contribution in [0.25, 0.3) is 0 Å². The van der Waals surface area contributed by atoms with E-state index in [0.717, 1.165) is 12.1 Å². The zero-order valence-corrected chi connectivity index (χ0v) is 10.2. The Kier molecular flexibility index (Phi) is 3.45. The first-order chi connectivity index (χ1) is 8.11. The molecule has 2 rings (SSSR count). The van der Waals surface area contributed by atoms with E-state index >= 15 is 0 Å². The highest BCUT2D eigenvalue weighted by Crippen LogP contribution is 2.24. The van der Waals surface area contributed by atoms with Crippen molar-refractivity contribution in [1.82, 2.24) is 9.78 Å². The molecule has 0 aliphatic carbocycles. The predicted molar refractivity (Wildman–Crippen MR) is 65.3 cm³/mol. The average molecular weight is 254 g/mol. The summed E-state index contributed by atoms with van der Waals surface area (Å²) < 4.78 is 15.4. The van der Waals surface area contributed by atoms with Crippen LogP contribution >= 0.6 is 11.6 Å². The summed E-state index contributed by atoms with van der Waals surface area (Å²) in [5, 5.41) is 4.48. The summed E-state index contributed by atoms with van der Waals surface area (Å²) in [6.45, 7) is 2.74. The largest absolute Gasteiger partial charge is 0.320 e. The van der Waals surface area contributed by atoms with Crippen molar-refractivity contribution in [2.75, 3.05) is 0 Å². The van der Waals surface area contributed by atoms with E-state index in [9.17, 15) is 4.39 Å². The zero-order chi connectivity index (χ0) is 12.4. The molecule has 1 heterocycles. The van der Waals surface area contributed by atoms with Crippen LogP contribution in [0.5, 0.6) is 0 Å². The molecule has 0 amide bonds. The number of nitrogens with two attached hydrogens (primary N) is 1. The molecular weight excluding hydrogens is 241 g/mol. The van der Waals surface area contributed by atoms with Gasteiger partial charge in [0.15, 0.2) is 0 Å². The topological polar surface area (TPSA) is 43.8 Å². The van der Waals surface area contributed by atoms with E-state index in [1.54, 1.807) is 23.0 Å². The van der Waals surface area contributed by atoms with Crippen LogP contribution in [0.15, 0.2) is 30.6 Å². The Labute approximate surface area is 104 Å². The van der Waals surface area contributed by atoms with Gasteiger partial charge in [-0.3, -0.25) is 4.68 Å². The molecule has 5 heteroatoms. The Bertz CT molecular complexity index is 524. The number of nitrogens with zero attached hydrogens (tertiary/aromatic N) is 2. The van der Waals surface area contributed by atoms with Crippen LogP contribution < -0.4 is 5.73 Å². The number of aromatic nitrogens is 2. The van der Waals surface area contributed by atoms with E-state index in [4.69, 9.17) is 17.3 Å². The van der Waals surface area contributed by atoms with E-state index in [1.165, 1.54) is 6.07 Å². The van der Waals surface area contributed by atoms with Gasteiger partial charge in [-0.05, 0) is 19.1 Å². The lowest BCUT2D eigenvalue weighted by atomic mass is 10.0. The third-order valence-electron chi connectivity index (χ3n) is 2.63. The van der Waals surface area contributed by atoms with Gasteiger partial charge in [-0.2, -0.15) is 5.10 Å². The lowest BCUT2D eigenvalue weighted by Crippen LogP contribution is -2.13. The van der Waals surface area contributed by atoms with Crippen LogP contribution in [-0.4, -0.2) is 9.78 Å². The zero-order valence-electron chi connectivity index (χ0n) is 9.40. The van der Waals surface area contributed by atoms with Crippen molar-refractivity contribution in [3.63, 3.8) is 0 Å². The summed E-state index contributed by atoms with van der Waals surface area (Å²) in [4.78, 5) is 0. The molecule has 3 nitrogen and oxygen atoms in total. The predicted octanol–water partition coefficient (Wildman–Crippen LogP) is 2.74. The Morgan fingerprint density at radius 1 is 1.53 bits per heavy atom. The Balaban J connectivity index is 2.33. The monoisotopic (exact) mass is 253 g/mol. The second-order valence-electron chi connectivity index (χ2n) is 3.77. The van der Waals surface area contributed by atoms with Crippen molar-refractivity contribution in [2.45, 2.75) is 19.5 Å². The summed E-state index contributed by atoms with van der Waals surface area (Å²) in [5.41, 5.74) is 7.21. The number of rotatable bonds is 3. The molecule has 0 radical (unpaired) electrons. The van der Waals surface area contributed by atoms with Crippen LogP contribution in [0.4, 0.5) is 4.39 Å². The Morgan fingerprint density at radius 3 is 2.88 bits per heavy atom. The van der Waals surface area contributed by atoms with Gasteiger partial charge in [0, 0.05) is 28.9 Å². The summed E-state index contributed by atoms with van der Waals surface area (Å²) in [6.07, 6.45) is 3.47. The first-order valence-corrected chi connectivity index (χ1v) is 5.72. The molecule has 0 aliphatic rings. The summed E-state index contributed by atoms with van der Waals surface area (Å²) in [5.74, 6) is -0.394. The van der Waals surface area contributed by atoms with Crippen molar-refractivity contribution < 1.29 is 4.39 Å². The van der Waals surface area contributed by atoms with Crippen molar-refractivity contribution >= 4 is 11.6 Å². The van der Waals surface area contributed by atoms with Crippen molar-refractivity contribution in [1.29, 1.82) is 0 Å². The first kappa shape index (κ1) is 12.1. The number of aryl methyl sites for hydroxylation is 1. The molecule has 0 fully saturated rings. The van der Waals surface area contributed by atoms with Gasteiger partial charge in [-0.15, -0.1) is 0 Å². The summed E-state index contributed by atoms with van der Waals surface area (Å²) in [6, 6.07) is 3.98. The van der Waals surface area contributed by atoms with Gasteiger partial charge in [-0.1, -0.05) is 17.7 Å². The maximum atomic E-state index is 13.7. The number of halogens is 2. The fourth-order valence-electron chi connectivity index (χ4n) is 1.65. The van der Waals surface area contributed by atoms with Gasteiger partial charge >= 0.3 is 0 Å². The minimum Gasteiger partial charge on any atom is -0.320 e. The van der Waals surface area contributed by atoms with Gasteiger partial charge in [0.1, 0.15) is 5.82 Å². The minimum absolute atomic E-state index is 0.364. The number of hydrogen-bond acceptors (Lipinski definition) is 2. The smallest absolute Gasteiger partial charge is 0.129 e. The molecule has 1 atom stereocenters. The van der Waals surface area contributed by atoms with E-state index < -0.39 is 11.9 Å². The van der Waals surface area contributed by atoms with E-state index in [0.29, 0.717) is 10.6 Å². The minimum atomic E-state index is -0.521. The second kappa shape index (κ2) is 4.85. The lowest BCUT2D eigenvalue weighted by Gasteiger charge is -2.11. The highest BCUT2D eigenvalue weighted by atomic mass is 35.5. The van der Waals surface area contributed by atoms with Gasteiger partial charge < -0.3 is 5.73 Å². The molecule has 17 heavy (non-hydrogen) atoms. The number of hydrogen-bond donors (Lipinski definition) is 1. The van der Waals surface area contributed by atoms with Crippen LogP contribution in [0.2, 0.25) is 5.02 Å². The van der Waals surface area contributed by atoms with Crippen LogP contribution in [-0.2, 0) is 6.54 Å². The van der Waals surface area contributed by atoms with E-state index in [2.05, 4.69) is 5.10 Å². The maximum Gasteiger partial charge on any atom is 0.129 e. The highest BCUT2D eigenvalue weighted by Gasteiger charge is 2.15. The molecule has 0 saturated carbocycles. The average Bonchev–Trinajstić information content (AvgIpc) is 2.76. The molecule has 2 aromatic rings. The molecule has 90 valence electrons. The molecule has 0 aliphatic heterocycles. The quantitative estimate of drug-likeness (QED) is 0.914. The molecule has 0 spiro atoms. The van der Waals surface area contributed by atoms with Gasteiger partial charge in [0.25, 0.3) is 0 Å². The molecule has 1 aromatic heterocycles. The fraction of sp³-hybridized carbons (Fsp3) is 0.250. The molecule has 1 unspecified atom stereocenters.